The van der Waals surface area contributed by atoms with Crippen LogP contribution in [0.4, 0.5) is 5.69 Å². The summed E-state index contributed by atoms with van der Waals surface area (Å²) < 4.78 is 0. The predicted octanol–water partition coefficient (Wildman–Crippen LogP) is 3.39. The van der Waals surface area contributed by atoms with Crippen molar-refractivity contribution < 1.29 is 0 Å². The van der Waals surface area contributed by atoms with E-state index in [1.54, 1.807) is 0 Å². The van der Waals surface area contributed by atoms with Crippen molar-refractivity contribution in [3.05, 3.63) is 29.8 Å². The third-order valence-corrected chi connectivity index (χ3v) is 4.89. The van der Waals surface area contributed by atoms with Gasteiger partial charge in [-0.25, -0.2) is 0 Å². The molecule has 2 aliphatic rings. The van der Waals surface area contributed by atoms with E-state index < -0.39 is 0 Å². The molecule has 0 radical (unpaired) electrons. The number of likely N-dealkylation sites (tertiary alicyclic amines) is 1. The molecule has 1 aliphatic heterocycles. The van der Waals surface area contributed by atoms with Gasteiger partial charge in [-0.3, -0.25) is 4.90 Å². The van der Waals surface area contributed by atoms with Gasteiger partial charge in [0.25, 0.3) is 0 Å². The molecule has 2 N–H and O–H groups in total. The molecule has 1 aliphatic carbocycles. The Labute approximate surface area is 110 Å². The van der Waals surface area contributed by atoms with E-state index in [0.29, 0.717) is 0 Å². The van der Waals surface area contributed by atoms with Crippen molar-refractivity contribution in [2.45, 2.75) is 57.0 Å². The van der Waals surface area contributed by atoms with E-state index >= 15 is 0 Å². The van der Waals surface area contributed by atoms with Crippen molar-refractivity contribution in [1.82, 2.24) is 4.90 Å². The topological polar surface area (TPSA) is 29.3 Å². The van der Waals surface area contributed by atoms with Gasteiger partial charge in [-0.05, 0) is 69.2 Å². The summed E-state index contributed by atoms with van der Waals surface area (Å²) in [5, 5.41) is 0. The summed E-state index contributed by atoms with van der Waals surface area (Å²) in [4.78, 5) is 2.75. The molecule has 1 aromatic rings. The largest absolute Gasteiger partial charge is 0.399 e. The van der Waals surface area contributed by atoms with Crippen LogP contribution in [0, 0.1) is 0 Å². The highest BCUT2D eigenvalue weighted by Gasteiger charge is 2.34. The number of hydrogen-bond donors (Lipinski definition) is 1. The van der Waals surface area contributed by atoms with E-state index in [9.17, 15) is 0 Å². The minimum absolute atomic E-state index is 0.753. The Bertz CT molecular complexity index is 398. The lowest BCUT2D eigenvalue weighted by Crippen LogP contribution is -2.35. The molecular formula is C16H24N2. The van der Waals surface area contributed by atoms with E-state index in [2.05, 4.69) is 24.0 Å². The summed E-state index contributed by atoms with van der Waals surface area (Å²) in [5.74, 6) is 0.753. The van der Waals surface area contributed by atoms with Crippen LogP contribution >= 0.6 is 0 Å². The average molecular weight is 244 g/mol. The van der Waals surface area contributed by atoms with Gasteiger partial charge >= 0.3 is 0 Å². The fraction of sp³-hybridized carbons (Fsp3) is 0.625. The van der Waals surface area contributed by atoms with E-state index in [-0.39, 0.29) is 0 Å². The third-order valence-electron chi connectivity index (χ3n) is 4.89. The van der Waals surface area contributed by atoms with Gasteiger partial charge in [-0.15, -0.1) is 0 Å². The minimum Gasteiger partial charge on any atom is -0.399 e. The highest BCUT2D eigenvalue weighted by molar-refractivity contribution is 5.40. The average Bonchev–Trinajstić information content (AvgIpc) is 2.98. The van der Waals surface area contributed by atoms with E-state index in [1.807, 2.05) is 12.1 Å². The number of rotatable bonds is 2. The zero-order chi connectivity index (χ0) is 12.5. The van der Waals surface area contributed by atoms with Crippen LogP contribution in [0.3, 0.4) is 0 Å². The molecule has 2 fully saturated rings. The van der Waals surface area contributed by atoms with Crippen LogP contribution in [0.15, 0.2) is 24.3 Å². The van der Waals surface area contributed by atoms with Crippen molar-refractivity contribution in [1.29, 1.82) is 0 Å². The summed E-state index contributed by atoms with van der Waals surface area (Å²) in [7, 11) is 0. The summed E-state index contributed by atoms with van der Waals surface area (Å²) in [5.41, 5.74) is 8.12. The predicted molar refractivity (Wildman–Crippen MR) is 76.6 cm³/mol. The van der Waals surface area contributed by atoms with Gasteiger partial charge < -0.3 is 5.73 Å². The van der Waals surface area contributed by atoms with E-state index in [0.717, 1.165) is 23.7 Å². The van der Waals surface area contributed by atoms with Crippen LogP contribution in [0.25, 0.3) is 0 Å². The molecule has 98 valence electrons. The fourth-order valence-electron chi connectivity index (χ4n) is 3.83. The second-order valence-electron chi connectivity index (χ2n) is 6.06. The van der Waals surface area contributed by atoms with Gasteiger partial charge in [0.05, 0.1) is 0 Å². The molecule has 3 rings (SSSR count). The molecule has 1 heterocycles. The molecule has 1 saturated heterocycles. The molecule has 0 spiro atoms. The standard InChI is InChI=1S/C16H24N2/c1-12-3-2-10-18(12)16-9-6-14(11-16)13-4-7-15(17)8-5-13/h4-5,7-8,12,14,16H,2-3,6,9-11,17H2,1H3/t12-,14?,16-/m0/s1. The Balaban J connectivity index is 1.66. The first-order valence-corrected chi connectivity index (χ1v) is 7.35. The zero-order valence-corrected chi connectivity index (χ0v) is 11.3. The van der Waals surface area contributed by atoms with Crippen LogP contribution in [0.1, 0.15) is 50.5 Å². The van der Waals surface area contributed by atoms with Crippen LogP contribution in [0.5, 0.6) is 0 Å². The fourth-order valence-corrected chi connectivity index (χ4v) is 3.83. The molecule has 0 aromatic heterocycles. The highest BCUT2D eigenvalue weighted by atomic mass is 15.2. The maximum Gasteiger partial charge on any atom is 0.0314 e. The summed E-state index contributed by atoms with van der Waals surface area (Å²) in [6.07, 6.45) is 6.85. The lowest BCUT2D eigenvalue weighted by Gasteiger charge is -2.28. The van der Waals surface area contributed by atoms with E-state index in [1.165, 1.54) is 44.2 Å². The normalized spacial score (nSPS) is 33.1. The SMILES string of the molecule is C[C@H]1CCCN1[C@H]1CCC(c2ccc(N)cc2)C1. The van der Waals surface area contributed by atoms with Crippen LogP contribution in [0.2, 0.25) is 0 Å². The van der Waals surface area contributed by atoms with Crippen LogP contribution in [-0.4, -0.2) is 23.5 Å². The molecule has 0 bridgehead atoms. The summed E-state index contributed by atoms with van der Waals surface area (Å²) in [6.45, 7) is 3.71. The minimum atomic E-state index is 0.753. The lowest BCUT2D eigenvalue weighted by atomic mass is 9.97. The first-order valence-electron chi connectivity index (χ1n) is 7.35. The van der Waals surface area contributed by atoms with Gasteiger partial charge in [0.2, 0.25) is 0 Å². The van der Waals surface area contributed by atoms with Gasteiger partial charge in [0, 0.05) is 17.8 Å². The Morgan fingerprint density at radius 3 is 2.56 bits per heavy atom. The number of anilines is 1. The molecule has 1 unspecified atom stereocenters. The van der Waals surface area contributed by atoms with Gasteiger partial charge in [0.1, 0.15) is 0 Å². The molecule has 2 heteroatoms. The molecule has 18 heavy (non-hydrogen) atoms. The van der Waals surface area contributed by atoms with Crippen molar-refractivity contribution in [2.24, 2.45) is 0 Å². The summed E-state index contributed by atoms with van der Waals surface area (Å²) >= 11 is 0. The number of benzene rings is 1. The highest BCUT2D eigenvalue weighted by Crippen LogP contribution is 2.39. The lowest BCUT2D eigenvalue weighted by molar-refractivity contribution is 0.191. The molecule has 1 aromatic carbocycles. The number of nitrogens with two attached hydrogens (primary N) is 1. The second kappa shape index (κ2) is 4.93. The quantitative estimate of drug-likeness (QED) is 0.808. The first kappa shape index (κ1) is 12.0. The third kappa shape index (κ3) is 2.26. The van der Waals surface area contributed by atoms with Crippen molar-refractivity contribution >= 4 is 5.69 Å². The van der Waals surface area contributed by atoms with Crippen LogP contribution in [-0.2, 0) is 0 Å². The van der Waals surface area contributed by atoms with Crippen molar-refractivity contribution in [3.8, 4) is 0 Å². The second-order valence-corrected chi connectivity index (χ2v) is 6.06. The molecular weight excluding hydrogens is 220 g/mol. The summed E-state index contributed by atoms with van der Waals surface area (Å²) in [6, 6.07) is 10.2. The monoisotopic (exact) mass is 244 g/mol. The van der Waals surface area contributed by atoms with E-state index in [4.69, 9.17) is 5.73 Å². The van der Waals surface area contributed by atoms with Gasteiger partial charge in [-0.1, -0.05) is 12.1 Å². The molecule has 0 amide bonds. The maximum absolute atomic E-state index is 5.76. The molecule has 2 nitrogen and oxygen atoms in total. The smallest absolute Gasteiger partial charge is 0.0314 e. The molecule has 3 atom stereocenters. The Kier molecular flexibility index (Phi) is 3.29. The van der Waals surface area contributed by atoms with Crippen molar-refractivity contribution in [3.63, 3.8) is 0 Å². The van der Waals surface area contributed by atoms with Crippen molar-refractivity contribution in [2.75, 3.05) is 12.3 Å². The number of nitrogen functional groups attached to an aromatic ring is 1. The van der Waals surface area contributed by atoms with Crippen LogP contribution < -0.4 is 5.73 Å². The Hall–Kier alpha value is -1.02. The molecule has 1 saturated carbocycles. The Morgan fingerprint density at radius 1 is 1.11 bits per heavy atom. The van der Waals surface area contributed by atoms with Gasteiger partial charge in [-0.2, -0.15) is 0 Å². The Morgan fingerprint density at radius 2 is 1.89 bits per heavy atom. The maximum atomic E-state index is 5.76. The van der Waals surface area contributed by atoms with Gasteiger partial charge in [0.15, 0.2) is 0 Å². The number of hydrogen-bond acceptors (Lipinski definition) is 2. The zero-order valence-electron chi connectivity index (χ0n) is 11.3. The first-order chi connectivity index (χ1) is 8.74. The number of nitrogens with zero attached hydrogens (tertiary/aromatic N) is 1.